The number of aryl methyl sites for hydroxylation is 1. The summed E-state index contributed by atoms with van der Waals surface area (Å²) in [7, 11) is 3.51. The maximum atomic E-state index is 15.1. The van der Waals surface area contributed by atoms with E-state index in [1.807, 2.05) is 53.7 Å². The molecular formula is C29H31F3N4OS. The summed E-state index contributed by atoms with van der Waals surface area (Å²) in [5, 5.41) is 1.97. The molecular weight excluding hydrogens is 509 g/mol. The fourth-order valence-electron chi connectivity index (χ4n) is 5.68. The summed E-state index contributed by atoms with van der Waals surface area (Å²) in [6, 6.07) is 12.0. The van der Waals surface area contributed by atoms with Gasteiger partial charge in [0.2, 0.25) is 0 Å². The number of hydrogen-bond acceptors (Lipinski definition) is 4. The molecule has 2 aliphatic rings. The van der Waals surface area contributed by atoms with Gasteiger partial charge in [0, 0.05) is 37.6 Å². The average molecular weight is 541 g/mol. The van der Waals surface area contributed by atoms with Gasteiger partial charge in [-0.2, -0.15) is 0 Å². The minimum absolute atomic E-state index is 0.0685. The van der Waals surface area contributed by atoms with Crippen LogP contribution in [0, 0.1) is 11.6 Å². The first-order valence-corrected chi connectivity index (χ1v) is 13.7. The molecule has 3 heterocycles. The fraction of sp³-hybridized carbons (Fsp3) is 0.379. The number of carbonyl (C=O) groups excluding carboxylic acids is 1. The lowest BCUT2D eigenvalue weighted by Gasteiger charge is -2.44. The number of carbonyl (C=O) groups is 1. The van der Waals surface area contributed by atoms with Crippen molar-refractivity contribution in [2.45, 2.75) is 37.0 Å². The fourth-order valence-corrected chi connectivity index (χ4v) is 6.27. The highest BCUT2D eigenvalue weighted by atomic mass is 32.1. The van der Waals surface area contributed by atoms with E-state index in [9.17, 15) is 13.6 Å². The van der Waals surface area contributed by atoms with Crippen molar-refractivity contribution in [3.05, 3.63) is 94.0 Å². The standard InChI is InChI=1S/C29H31F3N4OS/c1-34-13-11-27(26(32)17-34)35(2)28(37)36-16-20(24-14-22(30)8-9-25(24)31)15-29(36,21-6-4-3-5-7-21)12-10-23-18-38-19-33-23/h3-9,14-15,18-19,26-27H,10-13,16-17H2,1-2H3/t26?,27?,29-/m0/s1. The van der Waals surface area contributed by atoms with Crippen LogP contribution in [0.4, 0.5) is 18.0 Å². The van der Waals surface area contributed by atoms with Gasteiger partial charge in [0.05, 0.1) is 22.8 Å². The molecule has 0 saturated carbocycles. The first kappa shape index (κ1) is 26.4. The Morgan fingerprint density at radius 2 is 2.00 bits per heavy atom. The molecule has 9 heteroatoms. The second kappa shape index (κ2) is 10.9. The maximum absolute atomic E-state index is 15.1. The normalized spacial score (nSPS) is 23.9. The third kappa shape index (κ3) is 5.09. The van der Waals surface area contributed by atoms with Crippen molar-refractivity contribution in [2.75, 3.05) is 33.7 Å². The lowest BCUT2D eigenvalue weighted by atomic mass is 9.84. The quantitative estimate of drug-likeness (QED) is 0.400. The molecule has 0 radical (unpaired) electrons. The number of halogens is 3. The molecule has 38 heavy (non-hydrogen) atoms. The molecule has 0 bridgehead atoms. The van der Waals surface area contributed by atoms with Crippen LogP contribution in [0.2, 0.25) is 0 Å². The Balaban J connectivity index is 1.59. The summed E-state index contributed by atoms with van der Waals surface area (Å²) < 4.78 is 44.3. The molecule has 1 aromatic heterocycles. The Morgan fingerprint density at radius 1 is 1.21 bits per heavy atom. The van der Waals surface area contributed by atoms with Crippen LogP contribution in [0.15, 0.2) is 65.5 Å². The maximum Gasteiger partial charge on any atom is 0.321 e. The van der Waals surface area contributed by atoms with Crippen molar-refractivity contribution in [3.8, 4) is 0 Å². The van der Waals surface area contributed by atoms with Crippen LogP contribution in [0.25, 0.3) is 5.57 Å². The molecule has 2 aromatic carbocycles. The zero-order chi connectivity index (χ0) is 26.9. The molecule has 0 spiro atoms. The van der Waals surface area contributed by atoms with Gasteiger partial charge in [0.1, 0.15) is 17.8 Å². The van der Waals surface area contributed by atoms with Gasteiger partial charge in [-0.25, -0.2) is 22.9 Å². The highest BCUT2D eigenvalue weighted by Crippen LogP contribution is 2.45. The number of nitrogens with zero attached hydrogens (tertiary/aromatic N) is 4. The molecule has 3 atom stereocenters. The van der Waals surface area contributed by atoms with Crippen molar-refractivity contribution in [1.82, 2.24) is 19.7 Å². The highest BCUT2D eigenvalue weighted by Gasteiger charge is 2.47. The summed E-state index contributed by atoms with van der Waals surface area (Å²) in [6.07, 6.45) is 2.28. The van der Waals surface area contributed by atoms with E-state index in [4.69, 9.17) is 0 Å². The number of benzene rings is 2. The van der Waals surface area contributed by atoms with E-state index in [1.165, 1.54) is 22.3 Å². The summed E-state index contributed by atoms with van der Waals surface area (Å²) in [5.41, 5.74) is 3.20. The molecule has 0 N–H and O–H groups in total. The Bertz CT molecular complexity index is 1300. The topological polar surface area (TPSA) is 39.7 Å². The molecule has 2 aliphatic heterocycles. The Kier molecular flexibility index (Phi) is 7.59. The van der Waals surface area contributed by atoms with Crippen LogP contribution in [-0.4, -0.2) is 71.7 Å². The van der Waals surface area contributed by atoms with E-state index >= 15 is 4.39 Å². The van der Waals surface area contributed by atoms with Crippen LogP contribution < -0.4 is 0 Å². The zero-order valence-corrected chi connectivity index (χ0v) is 22.3. The number of aromatic nitrogens is 1. The first-order chi connectivity index (χ1) is 18.3. The number of amides is 2. The number of piperidine rings is 1. The Labute approximate surface area is 225 Å². The Hall–Kier alpha value is -3.17. The number of likely N-dealkylation sites (tertiary alicyclic amines) is 1. The second-order valence-corrected chi connectivity index (χ2v) is 10.9. The molecule has 2 amide bonds. The molecule has 2 unspecified atom stereocenters. The number of alkyl halides is 1. The lowest BCUT2D eigenvalue weighted by molar-refractivity contribution is 0.0509. The second-order valence-electron chi connectivity index (χ2n) is 10.2. The van der Waals surface area contributed by atoms with Gasteiger partial charge in [0.25, 0.3) is 0 Å². The van der Waals surface area contributed by atoms with E-state index in [0.29, 0.717) is 31.4 Å². The van der Waals surface area contributed by atoms with Gasteiger partial charge >= 0.3 is 6.03 Å². The van der Waals surface area contributed by atoms with Crippen molar-refractivity contribution < 1.29 is 18.0 Å². The number of rotatable bonds is 6. The van der Waals surface area contributed by atoms with Gasteiger partial charge in [-0.3, -0.25) is 0 Å². The van der Waals surface area contributed by atoms with Gasteiger partial charge in [0.15, 0.2) is 0 Å². The van der Waals surface area contributed by atoms with Gasteiger partial charge in [-0.15, -0.1) is 11.3 Å². The number of thiazole rings is 1. The smallest absolute Gasteiger partial charge is 0.321 e. The molecule has 1 saturated heterocycles. The van der Waals surface area contributed by atoms with Crippen LogP contribution in [-0.2, 0) is 12.0 Å². The van der Waals surface area contributed by atoms with Gasteiger partial charge in [-0.05, 0) is 61.7 Å². The molecule has 5 nitrogen and oxygen atoms in total. The largest absolute Gasteiger partial charge is 0.322 e. The van der Waals surface area contributed by atoms with Gasteiger partial charge in [-0.1, -0.05) is 30.3 Å². The van der Waals surface area contributed by atoms with Crippen LogP contribution in [0.1, 0.15) is 29.7 Å². The zero-order valence-electron chi connectivity index (χ0n) is 21.5. The molecule has 3 aromatic rings. The summed E-state index contributed by atoms with van der Waals surface area (Å²) in [5.74, 6) is -1.11. The predicted molar refractivity (Wildman–Crippen MR) is 144 cm³/mol. The highest BCUT2D eigenvalue weighted by molar-refractivity contribution is 7.07. The first-order valence-electron chi connectivity index (χ1n) is 12.8. The van der Waals surface area contributed by atoms with E-state index in [0.717, 1.165) is 23.4 Å². The summed E-state index contributed by atoms with van der Waals surface area (Å²) in [6.45, 7) is 1.02. The molecule has 5 rings (SSSR count). The van der Waals surface area contributed by atoms with Crippen molar-refractivity contribution in [3.63, 3.8) is 0 Å². The van der Waals surface area contributed by atoms with Crippen molar-refractivity contribution in [1.29, 1.82) is 0 Å². The minimum Gasteiger partial charge on any atom is -0.322 e. The van der Waals surface area contributed by atoms with E-state index in [1.54, 1.807) is 17.5 Å². The third-order valence-electron chi connectivity index (χ3n) is 7.76. The minimum atomic E-state index is -1.18. The van der Waals surface area contributed by atoms with E-state index < -0.39 is 29.4 Å². The van der Waals surface area contributed by atoms with Crippen molar-refractivity contribution >= 4 is 22.9 Å². The van der Waals surface area contributed by atoms with Crippen LogP contribution in [0.3, 0.4) is 0 Å². The Morgan fingerprint density at radius 3 is 2.71 bits per heavy atom. The number of hydrogen-bond donors (Lipinski definition) is 0. The van der Waals surface area contributed by atoms with E-state index in [-0.39, 0.29) is 24.7 Å². The molecule has 0 aliphatic carbocycles. The average Bonchev–Trinajstić information content (AvgIpc) is 3.57. The predicted octanol–water partition coefficient (Wildman–Crippen LogP) is 5.74. The third-order valence-corrected chi connectivity index (χ3v) is 8.39. The summed E-state index contributed by atoms with van der Waals surface area (Å²) >= 11 is 1.50. The molecule has 200 valence electrons. The summed E-state index contributed by atoms with van der Waals surface area (Å²) in [4.78, 5) is 23.7. The van der Waals surface area contributed by atoms with Gasteiger partial charge < -0.3 is 14.7 Å². The SMILES string of the molecule is CN1CCC(N(C)C(=O)N2CC(c3cc(F)ccc3F)=C[C@@]2(CCc2cscn2)c2ccccc2)C(F)C1. The molecule has 1 fully saturated rings. The van der Waals surface area contributed by atoms with Crippen LogP contribution in [0.5, 0.6) is 0 Å². The van der Waals surface area contributed by atoms with Crippen molar-refractivity contribution in [2.24, 2.45) is 0 Å². The lowest BCUT2D eigenvalue weighted by Crippen LogP contribution is -2.57. The van der Waals surface area contributed by atoms with E-state index in [2.05, 4.69) is 4.98 Å². The number of urea groups is 1. The monoisotopic (exact) mass is 540 g/mol. The van der Waals surface area contributed by atoms with Crippen LogP contribution >= 0.6 is 11.3 Å².